The summed E-state index contributed by atoms with van der Waals surface area (Å²) >= 11 is 5.54. The van der Waals surface area contributed by atoms with Gasteiger partial charge in [-0.2, -0.15) is 5.10 Å². The summed E-state index contributed by atoms with van der Waals surface area (Å²) in [6, 6.07) is 0.466. The van der Waals surface area contributed by atoms with Crippen molar-refractivity contribution in [1.29, 1.82) is 0 Å². The second-order valence-corrected chi connectivity index (χ2v) is 4.55. The predicted octanol–water partition coefficient (Wildman–Crippen LogP) is 2.99. The fourth-order valence-corrected chi connectivity index (χ4v) is 2.73. The number of halogens is 1. The van der Waals surface area contributed by atoms with Crippen molar-refractivity contribution in [2.75, 3.05) is 0 Å². The molecule has 0 aromatic carbocycles. The average molecular weight is 227 g/mol. The second kappa shape index (κ2) is 3.97. The van der Waals surface area contributed by atoms with Crippen LogP contribution in [0.2, 0.25) is 0 Å². The molecule has 2 rings (SSSR count). The van der Waals surface area contributed by atoms with Crippen molar-refractivity contribution >= 4 is 16.8 Å². The molecule has 1 fully saturated rings. The van der Waals surface area contributed by atoms with Gasteiger partial charge in [-0.3, -0.25) is 9.48 Å². The van der Waals surface area contributed by atoms with Gasteiger partial charge in [0.15, 0.2) is 0 Å². The molecule has 82 valence electrons. The molecule has 1 aliphatic rings. The highest BCUT2D eigenvalue weighted by molar-refractivity contribution is 6.68. The molecule has 1 saturated carbocycles. The molecule has 0 radical (unpaired) electrons. The molecule has 0 N–H and O–H groups in total. The van der Waals surface area contributed by atoms with Gasteiger partial charge in [-0.25, -0.2) is 0 Å². The molecule has 4 heteroatoms. The molecule has 0 atom stereocenters. The molecule has 0 unspecified atom stereocenters. The van der Waals surface area contributed by atoms with Gasteiger partial charge in [0.1, 0.15) is 0 Å². The van der Waals surface area contributed by atoms with E-state index < -0.39 is 5.24 Å². The van der Waals surface area contributed by atoms with Crippen LogP contribution in [0.4, 0.5) is 0 Å². The Morgan fingerprint density at radius 3 is 2.47 bits per heavy atom. The first-order valence-electron chi connectivity index (χ1n) is 5.37. The van der Waals surface area contributed by atoms with E-state index in [9.17, 15) is 4.79 Å². The zero-order valence-electron chi connectivity index (χ0n) is 9.09. The summed E-state index contributed by atoms with van der Waals surface area (Å²) in [5.74, 6) is 0. The van der Waals surface area contributed by atoms with Crippen LogP contribution in [0.15, 0.2) is 0 Å². The van der Waals surface area contributed by atoms with E-state index in [1.54, 1.807) is 0 Å². The fraction of sp³-hybridized carbons (Fsp3) is 0.636. The summed E-state index contributed by atoms with van der Waals surface area (Å²) < 4.78 is 1.98. The molecular formula is C11H15ClN2O. The Bertz CT molecular complexity index is 392. The van der Waals surface area contributed by atoms with Gasteiger partial charge in [0.2, 0.25) is 0 Å². The minimum Gasteiger partial charge on any atom is -0.275 e. The molecule has 0 amide bonds. The van der Waals surface area contributed by atoms with Crippen molar-refractivity contribution in [3.05, 3.63) is 17.0 Å². The summed E-state index contributed by atoms with van der Waals surface area (Å²) in [4.78, 5) is 11.2. The first-order chi connectivity index (χ1) is 7.11. The first-order valence-corrected chi connectivity index (χ1v) is 5.74. The second-order valence-electron chi connectivity index (χ2n) is 4.20. The Morgan fingerprint density at radius 1 is 1.40 bits per heavy atom. The minimum atomic E-state index is -0.394. The zero-order chi connectivity index (χ0) is 11.0. The van der Waals surface area contributed by atoms with Gasteiger partial charge in [-0.15, -0.1) is 0 Å². The molecule has 0 bridgehead atoms. The third kappa shape index (κ3) is 1.81. The number of carbonyl (C=O) groups excluding carboxylic acids is 1. The van der Waals surface area contributed by atoms with Gasteiger partial charge in [-0.05, 0) is 38.3 Å². The third-order valence-corrected chi connectivity index (χ3v) is 3.38. The molecule has 3 nitrogen and oxygen atoms in total. The van der Waals surface area contributed by atoms with Crippen LogP contribution in [-0.2, 0) is 0 Å². The summed E-state index contributed by atoms with van der Waals surface area (Å²) in [5, 5.41) is 4.03. The SMILES string of the molecule is Cc1nn(C2CCCC2)c(C)c1C(=O)Cl. The number of aromatic nitrogens is 2. The van der Waals surface area contributed by atoms with Gasteiger partial charge in [-0.1, -0.05) is 12.8 Å². The van der Waals surface area contributed by atoms with Crippen LogP contribution in [0.25, 0.3) is 0 Å². The van der Waals surface area contributed by atoms with Crippen LogP contribution in [-0.4, -0.2) is 15.0 Å². The normalized spacial score (nSPS) is 17.3. The molecule has 1 heterocycles. The highest BCUT2D eigenvalue weighted by Crippen LogP contribution is 2.31. The zero-order valence-corrected chi connectivity index (χ0v) is 9.84. The van der Waals surface area contributed by atoms with E-state index in [4.69, 9.17) is 11.6 Å². The van der Waals surface area contributed by atoms with Gasteiger partial charge < -0.3 is 0 Å². The number of aryl methyl sites for hydroxylation is 1. The number of nitrogens with zero attached hydrogens (tertiary/aromatic N) is 2. The fourth-order valence-electron chi connectivity index (χ4n) is 2.45. The Labute approximate surface area is 94.4 Å². The van der Waals surface area contributed by atoms with E-state index >= 15 is 0 Å². The Kier molecular flexibility index (Phi) is 2.83. The van der Waals surface area contributed by atoms with E-state index in [0.29, 0.717) is 11.6 Å². The molecule has 15 heavy (non-hydrogen) atoms. The van der Waals surface area contributed by atoms with Crippen LogP contribution < -0.4 is 0 Å². The lowest BCUT2D eigenvalue weighted by Crippen LogP contribution is -2.09. The molecular weight excluding hydrogens is 212 g/mol. The van der Waals surface area contributed by atoms with E-state index in [2.05, 4.69) is 5.10 Å². The van der Waals surface area contributed by atoms with Crippen LogP contribution in [0.3, 0.4) is 0 Å². The first kappa shape index (κ1) is 10.7. The monoisotopic (exact) mass is 226 g/mol. The Hall–Kier alpha value is -0.830. The maximum Gasteiger partial charge on any atom is 0.256 e. The van der Waals surface area contributed by atoms with Crippen molar-refractivity contribution in [2.24, 2.45) is 0 Å². The number of carbonyl (C=O) groups is 1. The number of hydrogen-bond donors (Lipinski definition) is 0. The Morgan fingerprint density at radius 2 is 2.00 bits per heavy atom. The lowest BCUT2D eigenvalue weighted by molar-refractivity contribution is 0.108. The lowest BCUT2D eigenvalue weighted by atomic mass is 10.2. The quantitative estimate of drug-likeness (QED) is 0.727. The highest BCUT2D eigenvalue weighted by Gasteiger charge is 2.23. The van der Waals surface area contributed by atoms with Crippen LogP contribution in [0.1, 0.15) is 53.5 Å². The van der Waals surface area contributed by atoms with Crippen molar-refractivity contribution in [3.8, 4) is 0 Å². The lowest BCUT2D eigenvalue weighted by Gasteiger charge is -2.11. The van der Waals surface area contributed by atoms with Gasteiger partial charge in [0.25, 0.3) is 5.24 Å². The summed E-state index contributed by atoms with van der Waals surface area (Å²) in [6.07, 6.45) is 4.84. The van der Waals surface area contributed by atoms with Gasteiger partial charge in [0.05, 0.1) is 17.3 Å². The molecule has 1 aromatic rings. The average Bonchev–Trinajstić information content (AvgIpc) is 2.72. The highest BCUT2D eigenvalue weighted by atomic mass is 35.5. The standard InChI is InChI=1S/C11H15ClN2O/c1-7-10(11(12)15)8(2)14(13-7)9-5-3-4-6-9/h9H,3-6H2,1-2H3. The van der Waals surface area contributed by atoms with E-state index in [1.165, 1.54) is 12.8 Å². The summed E-state index contributed by atoms with van der Waals surface area (Å²) in [7, 11) is 0. The van der Waals surface area contributed by atoms with Crippen molar-refractivity contribution in [2.45, 2.75) is 45.6 Å². The van der Waals surface area contributed by atoms with Crippen LogP contribution in [0.5, 0.6) is 0 Å². The van der Waals surface area contributed by atoms with Crippen molar-refractivity contribution in [1.82, 2.24) is 9.78 Å². The summed E-state index contributed by atoms with van der Waals surface area (Å²) in [6.45, 7) is 3.77. The van der Waals surface area contributed by atoms with Crippen molar-refractivity contribution < 1.29 is 4.79 Å². The number of hydrogen-bond acceptors (Lipinski definition) is 2. The van der Waals surface area contributed by atoms with Crippen LogP contribution in [0, 0.1) is 13.8 Å². The predicted molar refractivity (Wildman–Crippen MR) is 59.4 cm³/mol. The Balaban J connectivity index is 2.40. The minimum absolute atomic E-state index is 0.394. The van der Waals surface area contributed by atoms with Crippen LogP contribution >= 0.6 is 11.6 Å². The van der Waals surface area contributed by atoms with Crippen molar-refractivity contribution in [3.63, 3.8) is 0 Å². The summed E-state index contributed by atoms with van der Waals surface area (Å²) in [5.41, 5.74) is 2.25. The van der Waals surface area contributed by atoms with E-state index in [-0.39, 0.29) is 0 Å². The van der Waals surface area contributed by atoms with Gasteiger partial charge in [0, 0.05) is 5.69 Å². The molecule has 1 aliphatic carbocycles. The van der Waals surface area contributed by atoms with E-state index in [1.807, 2.05) is 18.5 Å². The maximum absolute atomic E-state index is 11.2. The molecule has 0 spiro atoms. The number of rotatable bonds is 2. The smallest absolute Gasteiger partial charge is 0.256 e. The molecule has 1 aromatic heterocycles. The van der Waals surface area contributed by atoms with Gasteiger partial charge >= 0.3 is 0 Å². The largest absolute Gasteiger partial charge is 0.275 e. The third-order valence-electron chi connectivity index (χ3n) is 3.19. The maximum atomic E-state index is 11.2. The van der Waals surface area contributed by atoms with E-state index in [0.717, 1.165) is 24.2 Å². The molecule has 0 aliphatic heterocycles. The molecule has 0 saturated heterocycles. The topological polar surface area (TPSA) is 34.9 Å².